The summed E-state index contributed by atoms with van der Waals surface area (Å²) in [5.41, 5.74) is 1.01. The summed E-state index contributed by atoms with van der Waals surface area (Å²) in [5.74, 6) is 0.0546. The molecule has 6 nitrogen and oxygen atoms in total. The smallest absolute Gasteiger partial charge is 0.329 e. The predicted molar refractivity (Wildman–Crippen MR) is 92.8 cm³/mol. The van der Waals surface area contributed by atoms with E-state index in [2.05, 4.69) is 5.32 Å². The molecule has 2 N–H and O–H groups in total. The zero-order chi connectivity index (χ0) is 18.0. The molecule has 6 heteroatoms. The van der Waals surface area contributed by atoms with Crippen molar-refractivity contribution in [1.82, 2.24) is 5.32 Å². The van der Waals surface area contributed by atoms with Crippen LogP contribution in [0.5, 0.6) is 11.5 Å². The largest absolute Gasteiger partial charge is 0.496 e. The van der Waals surface area contributed by atoms with Gasteiger partial charge in [-0.1, -0.05) is 19.3 Å². The molecule has 3 rings (SSSR count). The Morgan fingerprint density at radius 2 is 1.96 bits per heavy atom. The van der Waals surface area contributed by atoms with E-state index in [9.17, 15) is 14.7 Å². The summed E-state index contributed by atoms with van der Waals surface area (Å²) in [6, 6.07) is 3.70. The van der Waals surface area contributed by atoms with Crippen LogP contribution in [0.25, 0.3) is 6.08 Å². The van der Waals surface area contributed by atoms with Crippen LogP contribution in [0.4, 0.5) is 0 Å². The first-order valence-corrected chi connectivity index (χ1v) is 8.53. The van der Waals surface area contributed by atoms with Gasteiger partial charge in [0, 0.05) is 11.6 Å². The molecule has 2 aliphatic rings. The second kappa shape index (κ2) is 6.78. The highest BCUT2D eigenvalue weighted by atomic mass is 16.5. The number of carbonyl (C=O) groups is 2. The average Bonchev–Trinajstić information content (AvgIpc) is 2.61. The van der Waals surface area contributed by atoms with Crippen LogP contribution in [0.1, 0.15) is 43.2 Å². The molecule has 0 atom stereocenters. The van der Waals surface area contributed by atoms with Crippen molar-refractivity contribution in [3.8, 4) is 11.5 Å². The van der Waals surface area contributed by atoms with Gasteiger partial charge in [0.25, 0.3) is 5.91 Å². The summed E-state index contributed by atoms with van der Waals surface area (Å²) < 4.78 is 11.0. The molecule has 1 fully saturated rings. The molecule has 1 aromatic carbocycles. The van der Waals surface area contributed by atoms with E-state index in [1.807, 2.05) is 13.0 Å². The Morgan fingerprint density at radius 3 is 2.60 bits per heavy atom. The van der Waals surface area contributed by atoms with Gasteiger partial charge in [-0.25, -0.2) is 4.79 Å². The molecule has 0 spiro atoms. The third-order valence-corrected chi connectivity index (χ3v) is 5.00. The molecule has 0 saturated heterocycles. The molecule has 0 aromatic heterocycles. The minimum Gasteiger partial charge on any atom is -0.496 e. The van der Waals surface area contributed by atoms with Crippen molar-refractivity contribution in [2.45, 2.75) is 44.6 Å². The Morgan fingerprint density at radius 1 is 1.24 bits per heavy atom. The number of carboxylic acids is 1. The minimum atomic E-state index is -1.16. The fourth-order valence-electron chi connectivity index (χ4n) is 3.51. The van der Waals surface area contributed by atoms with Crippen LogP contribution in [-0.2, 0) is 9.59 Å². The molecule has 1 aromatic rings. The molecule has 134 valence electrons. The van der Waals surface area contributed by atoms with Crippen LogP contribution in [0, 0.1) is 6.92 Å². The lowest BCUT2D eigenvalue weighted by atomic mass is 9.81. The van der Waals surface area contributed by atoms with E-state index < -0.39 is 11.5 Å². The fourth-order valence-corrected chi connectivity index (χ4v) is 3.51. The number of carboxylic acid groups (broad SMARTS) is 1. The van der Waals surface area contributed by atoms with E-state index in [4.69, 9.17) is 9.47 Å². The van der Waals surface area contributed by atoms with Gasteiger partial charge in [0.1, 0.15) is 23.6 Å². The van der Waals surface area contributed by atoms with Gasteiger partial charge in [0.15, 0.2) is 0 Å². The van der Waals surface area contributed by atoms with Crippen molar-refractivity contribution >= 4 is 18.0 Å². The van der Waals surface area contributed by atoms with E-state index in [0.717, 1.165) is 36.1 Å². The van der Waals surface area contributed by atoms with Gasteiger partial charge >= 0.3 is 5.97 Å². The normalized spacial score (nSPS) is 18.4. The highest BCUT2D eigenvalue weighted by Gasteiger charge is 2.41. The first kappa shape index (κ1) is 17.3. The number of methoxy groups -OCH3 is 1. The summed E-state index contributed by atoms with van der Waals surface area (Å²) >= 11 is 0. The number of ether oxygens (including phenoxy) is 2. The van der Waals surface area contributed by atoms with Crippen molar-refractivity contribution in [1.29, 1.82) is 0 Å². The van der Waals surface area contributed by atoms with Crippen LogP contribution in [0.3, 0.4) is 0 Å². The molecular formula is C19H23NO5. The number of fused-ring (bicyclic) bond motifs is 1. The molecule has 0 unspecified atom stereocenters. The quantitative estimate of drug-likeness (QED) is 0.876. The number of hydrogen-bond donors (Lipinski definition) is 2. The maximum Gasteiger partial charge on any atom is 0.329 e. The lowest BCUT2D eigenvalue weighted by Crippen LogP contribution is -2.56. The maximum atomic E-state index is 12.6. The van der Waals surface area contributed by atoms with Crippen LogP contribution in [-0.4, -0.2) is 36.2 Å². The van der Waals surface area contributed by atoms with Crippen molar-refractivity contribution < 1.29 is 24.2 Å². The SMILES string of the molecule is COc1cc2c(cc1C)C=C(C(=O)NC1(C(=O)O)CCCCC1)CO2. The van der Waals surface area contributed by atoms with E-state index in [0.29, 0.717) is 24.2 Å². The molecule has 1 aliphatic carbocycles. The highest BCUT2D eigenvalue weighted by Crippen LogP contribution is 2.34. The third-order valence-electron chi connectivity index (χ3n) is 5.00. The van der Waals surface area contributed by atoms with E-state index in [1.165, 1.54) is 0 Å². The van der Waals surface area contributed by atoms with E-state index in [1.54, 1.807) is 19.3 Å². The minimum absolute atomic E-state index is 0.112. The van der Waals surface area contributed by atoms with Crippen molar-refractivity contribution in [2.24, 2.45) is 0 Å². The Kier molecular flexibility index (Phi) is 4.70. The second-order valence-corrected chi connectivity index (χ2v) is 6.72. The van der Waals surface area contributed by atoms with Crippen LogP contribution in [0.15, 0.2) is 17.7 Å². The number of amides is 1. The third kappa shape index (κ3) is 3.34. The Balaban J connectivity index is 1.83. The van der Waals surface area contributed by atoms with Crippen molar-refractivity contribution in [3.05, 3.63) is 28.8 Å². The predicted octanol–water partition coefficient (Wildman–Crippen LogP) is 2.68. The van der Waals surface area contributed by atoms with Gasteiger partial charge in [-0.3, -0.25) is 4.79 Å². The molecule has 0 radical (unpaired) electrons. The Hall–Kier alpha value is -2.50. The van der Waals surface area contributed by atoms with Gasteiger partial charge in [0.2, 0.25) is 0 Å². The number of aliphatic carboxylic acids is 1. The van der Waals surface area contributed by atoms with Crippen molar-refractivity contribution in [3.63, 3.8) is 0 Å². The summed E-state index contributed by atoms with van der Waals surface area (Å²) in [4.78, 5) is 24.4. The lowest BCUT2D eigenvalue weighted by Gasteiger charge is -2.34. The number of hydrogen-bond acceptors (Lipinski definition) is 4. The molecule has 0 bridgehead atoms. The van der Waals surface area contributed by atoms with Crippen LogP contribution >= 0.6 is 0 Å². The number of rotatable bonds is 4. The van der Waals surface area contributed by atoms with Gasteiger partial charge in [-0.2, -0.15) is 0 Å². The molecule has 25 heavy (non-hydrogen) atoms. The Labute approximate surface area is 146 Å². The summed E-state index contributed by atoms with van der Waals surface area (Å²) in [5, 5.41) is 12.4. The monoisotopic (exact) mass is 345 g/mol. The second-order valence-electron chi connectivity index (χ2n) is 6.72. The van der Waals surface area contributed by atoms with Gasteiger partial charge in [-0.15, -0.1) is 0 Å². The zero-order valence-corrected chi connectivity index (χ0v) is 14.6. The molecule has 1 heterocycles. The van der Waals surface area contributed by atoms with Gasteiger partial charge in [-0.05, 0) is 37.5 Å². The van der Waals surface area contributed by atoms with Crippen LogP contribution < -0.4 is 14.8 Å². The van der Waals surface area contributed by atoms with Crippen LogP contribution in [0.2, 0.25) is 0 Å². The van der Waals surface area contributed by atoms with Gasteiger partial charge < -0.3 is 19.9 Å². The van der Waals surface area contributed by atoms with E-state index >= 15 is 0 Å². The standard InChI is InChI=1S/C19H23NO5/c1-12-8-13-9-14(11-25-16(13)10-15(12)24-2)17(21)20-19(18(22)23)6-4-3-5-7-19/h8-10H,3-7,11H2,1-2H3,(H,20,21)(H,22,23). The first-order chi connectivity index (χ1) is 11.9. The number of benzene rings is 1. The molecule has 1 saturated carbocycles. The molecule has 1 amide bonds. The maximum absolute atomic E-state index is 12.6. The van der Waals surface area contributed by atoms with E-state index in [-0.39, 0.29) is 12.5 Å². The molecular weight excluding hydrogens is 322 g/mol. The lowest BCUT2D eigenvalue weighted by molar-refractivity contribution is -0.148. The number of aryl methyl sites for hydroxylation is 1. The fraction of sp³-hybridized carbons (Fsp3) is 0.474. The first-order valence-electron chi connectivity index (χ1n) is 8.53. The summed E-state index contributed by atoms with van der Waals surface area (Å²) in [6.07, 6.45) is 5.32. The number of carbonyl (C=O) groups excluding carboxylic acids is 1. The topological polar surface area (TPSA) is 84.9 Å². The highest BCUT2D eigenvalue weighted by molar-refractivity contribution is 6.01. The zero-order valence-electron chi connectivity index (χ0n) is 14.6. The number of nitrogens with one attached hydrogen (secondary N) is 1. The average molecular weight is 345 g/mol. The summed E-state index contributed by atoms with van der Waals surface area (Å²) in [7, 11) is 1.60. The molecule has 1 aliphatic heterocycles. The van der Waals surface area contributed by atoms with Crippen molar-refractivity contribution in [2.75, 3.05) is 13.7 Å². The summed E-state index contributed by atoms with van der Waals surface area (Å²) in [6.45, 7) is 2.03. The van der Waals surface area contributed by atoms with Gasteiger partial charge in [0.05, 0.1) is 12.7 Å². The Bertz CT molecular complexity index is 732.